The first-order valence-corrected chi connectivity index (χ1v) is 12.1. The minimum Gasteiger partial charge on any atom is -0.414 e. The summed E-state index contributed by atoms with van der Waals surface area (Å²) in [7, 11) is -2.04. The third-order valence-corrected chi connectivity index (χ3v) is 7.41. The second-order valence-electron chi connectivity index (χ2n) is 7.98. The van der Waals surface area contributed by atoms with E-state index in [4.69, 9.17) is 10.2 Å². The van der Waals surface area contributed by atoms with Crippen molar-refractivity contribution < 1.29 is 25.9 Å². The molecule has 0 radical (unpaired) electrons. The van der Waals surface area contributed by atoms with Gasteiger partial charge in [-0.05, 0) is 50.7 Å². The number of nitrogens with two attached hydrogens (primary N) is 1. The summed E-state index contributed by atoms with van der Waals surface area (Å²) in [5.41, 5.74) is 7.28. The highest BCUT2D eigenvalue weighted by Crippen LogP contribution is 2.30. The lowest BCUT2D eigenvalue weighted by Gasteiger charge is -2.10. The highest BCUT2D eigenvalue weighted by Gasteiger charge is 2.24. The fourth-order valence-corrected chi connectivity index (χ4v) is 4.41. The standard InChI is InChI=1S/C23H22F2N6O3S.3H2/c1-12(2)35(32,33)19-7-5-14(9-17(19)25)18-11-28-21(26)20(29-18)23-31-30-22(34-23)15-6-4-13(10-27-3)8-16(15)24;;;/h4-9,11-12,27H,10H2,1-3H3,(H2,26,28);3*1H. The second-order valence-corrected chi connectivity index (χ2v) is 10.5. The maximum atomic E-state index is 14.7. The zero-order valence-corrected chi connectivity index (χ0v) is 19.9. The van der Waals surface area contributed by atoms with Gasteiger partial charge < -0.3 is 15.5 Å². The van der Waals surface area contributed by atoms with Gasteiger partial charge >= 0.3 is 0 Å². The van der Waals surface area contributed by atoms with E-state index < -0.39 is 31.6 Å². The Hall–Kier alpha value is -3.77. The molecule has 2 heterocycles. The van der Waals surface area contributed by atoms with Gasteiger partial charge in [-0.15, -0.1) is 10.2 Å². The van der Waals surface area contributed by atoms with Crippen molar-refractivity contribution in [1.29, 1.82) is 0 Å². The Morgan fingerprint density at radius 1 is 1.09 bits per heavy atom. The predicted molar refractivity (Wildman–Crippen MR) is 132 cm³/mol. The minimum atomic E-state index is -3.80. The molecule has 0 bridgehead atoms. The molecule has 35 heavy (non-hydrogen) atoms. The first kappa shape index (κ1) is 24.4. The van der Waals surface area contributed by atoms with Crippen LogP contribution in [-0.2, 0) is 16.4 Å². The number of benzene rings is 2. The summed E-state index contributed by atoms with van der Waals surface area (Å²) in [6, 6.07) is 8.28. The Bertz CT molecular complexity index is 1520. The van der Waals surface area contributed by atoms with Gasteiger partial charge in [0, 0.05) is 16.4 Å². The van der Waals surface area contributed by atoms with Crippen LogP contribution in [0.3, 0.4) is 0 Å². The van der Waals surface area contributed by atoms with Gasteiger partial charge in [0.05, 0.1) is 22.7 Å². The van der Waals surface area contributed by atoms with E-state index in [0.717, 1.165) is 11.6 Å². The number of nitrogens with one attached hydrogen (secondary N) is 1. The van der Waals surface area contributed by atoms with Crippen LogP contribution in [-0.4, -0.2) is 40.9 Å². The zero-order chi connectivity index (χ0) is 25.3. The van der Waals surface area contributed by atoms with Crippen LogP contribution in [0.1, 0.15) is 23.7 Å². The molecule has 0 aliphatic rings. The van der Waals surface area contributed by atoms with E-state index in [1.807, 2.05) is 0 Å². The molecule has 4 aromatic rings. The van der Waals surface area contributed by atoms with Crippen molar-refractivity contribution >= 4 is 15.7 Å². The lowest BCUT2D eigenvalue weighted by Crippen LogP contribution is -2.15. The van der Waals surface area contributed by atoms with Gasteiger partial charge in [-0.2, -0.15) is 0 Å². The maximum Gasteiger partial charge on any atom is 0.270 e. The average molecular weight is 507 g/mol. The Kier molecular flexibility index (Phi) is 6.59. The molecule has 0 unspecified atom stereocenters. The van der Waals surface area contributed by atoms with Crippen LogP contribution in [0.25, 0.3) is 34.3 Å². The molecule has 0 saturated heterocycles. The number of hydrogen-bond donors (Lipinski definition) is 2. The van der Waals surface area contributed by atoms with E-state index in [9.17, 15) is 17.2 Å². The number of aromatic nitrogens is 4. The first-order chi connectivity index (χ1) is 16.6. The number of halogens is 2. The van der Waals surface area contributed by atoms with Crippen molar-refractivity contribution in [2.45, 2.75) is 30.5 Å². The molecule has 0 spiro atoms. The van der Waals surface area contributed by atoms with Gasteiger partial charge in [-0.25, -0.2) is 27.2 Å². The Balaban J connectivity index is 0.00000241. The number of sulfone groups is 1. The molecule has 0 aliphatic carbocycles. The molecule has 2 aromatic heterocycles. The molecule has 0 atom stereocenters. The summed E-state index contributed by atoms with van der Waals surface area (Å²) < 4.78 is 59.5. The Morgan fingerprint density at radius 2 is 1.83 bits per heavy atom. The van der Waals surface area contributed by atoms with Gasteiger partial charge in [0.25, 0.3) is 11.8 Å². The summed E-state index contributed by atoms with van der Waals surface area (Å²) in [5, 5.41) is 9.96. The van der Waals surface area contributed by atoms with E-state index in [2.05, 4.69) is 25.5 Å². The number of anilines is 1. The normalized spacial score (nSPS) is 11.8. The van der Waals surface area contributed by atoms with Crippen LogP contribution in [0.15, 0.2) is 51.9 Å². The molecule has 0 amide bonds. The highest BCUT2D eigenvalue weighted by molar-refractivity contribution is 7.92. The smallest absolute Gasteiger partial charge is 0.270 e. The summed E-state index contributed by atoms with van der Waals surface area (Å²) >= 11 is 0. The van der Waals surface area contributed by atoms with Gasteiger partial charge in [-0.3, -0.25) is 0 Å². The molecule has 0 fully saturated rings. The summed E-state index contributed by atoms with van der Waals surface area (Å²) in [6.07, 6.45) is 1.31. The molecule has 9 nitrogen and oxygen atoms in total. The maximum absolute atomic E-state index is 14.7. The van der Waals surface area contributed by atoms with Crippen LogP contribution in [0.4, 0.5) is 14.6 Å². The molecule has 12 heteroatoms. The van der Waals surface area contributed by atoms with Gasteiger partial charge in [0.15, 0.2) is 21.3 Å². The zero-order valence-electron chi connectivity index (χ0n) is 19.1. The number of rotatable bonds is 7. The second kappa shape index (κ2) is 9.47. The summed E-state index contributed by atoms with van der Waals surface area (Å²) in [5.74, 6) is -1.66. The van der Waals surface area contributed by atoms with Gasteiger partial charge in [0.1, 0.15) is 16.5 Å². The van der Waals surface area contributed by atoms with Crippen molar-refractivity contribution in [1.82, 2.24) is 25.5 Å². The van der Waals surface area contributed by atoms with Crippen molar-refractivity contribution in [3.05, 3.63) is 59.8 Å². The lowest BCUT2D eigenvalue weighted by molar-refractivity contribution is 0.561. The quantitative estimate of drug-likeness (QED) is 0.374. The first-order valence-electron chi connectivity index (χ1n) is 10.6. The molecule has 4 rings (SSSR count). The third-order valence-electron chi connectivity index (χ3n) is 5.23. The molecule has 0 saturated carbocycles. The van der Waals surface area contributed by atoms with Gasteiger partial charge in [-0.1, -0.05) is 12.1 Å². The van der Waals surface area contributed by atoms with Crippen LogP contribution in [0.5, 0.6) is 0 Å². The Morgan fingerprint density at radius 3 is 2.49 bits per heavy atom. The molecule has 0 aliphatic heterocycles. The third kappa shape index (κ3) is 4.75. The van der Waals surface area contributed by atoms with E-state index in [1.54, 1.807) is 13.1 Å². The SMILES string of the molecule is CNCc1ccc(-c2nnc(-c3nc(-c4ccc(S(=O)(=O)C(C)C)c(F)c4)cnc3N)o2)c(F)c1.[HH].[HH].[HH]. The van der Waals surface area contributed by atoms with E-state index >= 15 is 0 Å². The topological polar surface area (TPSA) is 137 Å². The van der Waals surface area contributed by atoms with Gasteiger partial charge in [0.2, 0.25) is 0 Å². The fraction of sp³-hybridized carbons (Fsp3) is 0.217. The van der Waals surface area contributed by atoms with E-state index in [1.165, 1.54) is 44.3 Å². The summed E-state index contributed by atoms with van der Waals surface area (Å²) in [4.78, 5) is 8.01. The number of hydrogen-bond acceptors (Lipinski definition) is 9. The highest BCUT2D eigenvalue weighted by atomic mass is 32.2. The molecule has 3 N–H and O–H groups in total. The monoisotopic (exact) mass is 506 g/mol. The molecule has 2 aromatic carbocycles. The molecule has 188 valence electrons. The largest absolute Gasteiger partial charge is 0.414 e. The Labute approximate surface area is 204 Å². The summed E-state index contributed by atoms with van der Waals surface area (Å²) in [6.45, 7) is 3.44. The van der Waals surface area contributed by atoms with Crippen LogP contribution >= 0.6 is 0 Å². The average Bonchev–Trinajstić information content (AvgIpc) is 3.29. The number of nitrogens with zero attached hydrogens (tertiary/aromatic N) is 4. The van der Waals surface area contributed by atoms with Crippen molar-refractivity contribution in [3.63, 3.8) is 0 Å². The minimum absolute atomic E-state index is 0. The van der Waals surface area contributed by atoms with Crippen LogP contribution in [0, 0.1) is 11.6 Å². The van der Waals surface area contributed by atoms with Crippen molar-refractivity contribution in [2.24, 2.45) is 0 Å². The van der Waals surface area contributed by atoms with Crippen LogP contribution < -0.4 is 11.1 Å². The van der Waals surface area contributed by atoms with Crippen molar-refractivity contribution in [3.8, 4) is 34.3 Å². The number of nitrogen functional groups attached to an aromatic ring is 1. The molecular weight excluding hydrogens is 478 g/mol. The van der Waals surface area contributed by atoms with E-state index in [-0.39, 0.29) is 44.4 Å². The van der Waals surface area contributed by atoms with E-state index in [0.29, 0.717) is 6.54 Å². The van der Waals surface area contributed by atoms with Crippen molar-refractivity contribution in [2.75, 3.05) is 12.8 Å². The predicted octanol–water partition coefficient (Wildman–Crippen LogP) is 4.36. The lowest BCUT2D eigenvalue weighted by atomic mass is 10.1. The van der Waals surface area contributed by atoms with Crippen LogP contribution in [0.2, 0.25) is 0 Å². The molecular formula is C23H28F2N6O3S. The fourth-order valence-electron chi connectivity index (χ4n) is 3.31.